The molecule has 166 valence electrons. The molecule has 0 aliphatic rings. The predicted molar refractivity (Wildman–Crippen MR) is 130 cm³/mol. The van der Waals surface area contributed by atoms with Gasteiger partial charge in [0.15, 0.2) is 11.5 Å². The maximum absolute atomic E-state index is 4.84. The molecule has 1 atom stereocenters. The zero-order chi connectivity index (χ0) is 22.9. The molecule has 0 fully saturated rings. The van der Waals surface area contributed by atoms with E-state index in [4.69, 9.17) is 4.98 Å². The third-order valence-electron chi connectivity index (χ3n) is 5.59. The lowest BCUT2D eigenvalue weighted by molar-refractivity contribution is 0.590. The molecule has 1 unspecified atom stereocenters. The molecule has 0 amide bonds. The van der Waals surface area contributed by atoms with Crippen LogP contribution < -0.4 is 10.6 Å². The van der Waals surface area contributed by atoms with Gasteiger partial charge in [0.05, 0.1) is 6.33 Å². The maximum Gasteiger partial charge on any atom is 0.227 e. The fraction of sp³-hybridized carbons (Fsp3) is 0.360. The van der Waals surface area contributed by atoms with E-state index >= 15 is 0 Å². The number of rotatable bonds is 6. The van der Waals surface area contributed by atoms with Crippen LogP contribution in [0.1, 0.15) is 44.4 Å². The summed E-state index contributed by atoms with van der Waals surface area (Å²) < 4.78 is 1.95. The molecule has 4 rings (SSSR count). The van der Waals surface area contributed by atoms with Gasteiger partial charge in [-0.15, -0.1) is 0 Å². The van der Waals surface area contributed by atoms with E-state index in [1.165, 1.54) is 11.1 Å². The molecular formula is C25H31N7. The van der Waals surface area contributed by atoms with Crippen molar-refractivity contribution in [1.29, 1.82) is 0 Å². The summed E-state index contributed by atoms with van der Waals surface area (Å²) in [7, 11) is 1.96. The topological polar surface area (TPSA) is 80.6 Å². The number of hydrogen-bond donors (Lipinski definition) is 2. The van der Waals surface area contributed by atoms with Crippen molar-refractivity contribution in [2.24, 2.45) is 7.05 Å². The number of aryl methyl sites for hydroxylation is 2. The highest BCUT2D eigenvalue weighted by molar-refractivity contribution is 5.87. The number of aromatic nitrogens is 5. The molecule has 0 aliphatic carbocycles. The summed E-state index contributed by atoms with van der Waals surface area (Å²) in [6.45, 7) is 10.9. The van der Waals surface area contributed by atoms with Gasteiger partial charge in [-0.1, -0.05) is 32.9 Å². The average molecular weight is 430 g/mol. The molecule has 3 heterocycles. The fourth-order valence-electron chi connectivity index (χ4n) is 3.70. The lowest BCUT2D eigenvalue weighted by Crippen LogP contribution is -2.20. The van der Waals surface area contributed by atoms with Crippen LogP contribution >= 0.6 is 0 Å². The van der Waals surface area contributed by atoms with Crippen LogP contribution in [0.25, 0.3) is 11.2 Å². The van der Waals surface area contributed by atoms with Gasteiger partial charge in [-0.3, -0.25) is 4.98 Å². The molecule has 1 aromatic carbocycles. The second kappa shape index (κ2) is 8.57. The van der Waals surface area contributed by atoms with Gasteiger partial charge in [-0.05, 0) is 60.6 Å². The highest BCUT2D eigenvalue weighted by atomic mass is 15.2. The Balaban J connectivity index is 1.66. The van der Waals surface area contributed by atoms with Crippen molar-refractivity contribution in [3.05, 3.63) is 65.7 Å². The van der Waals surface area contributed by atoms with E-state index in [0.29, 0.717) is 11.6 Å². The first-order valence-electron chi connectivity index (χ1n) is 10.9. The molecular weight excluding hydrogens is 398 g/mol. The minimum Gasteiger partial charge on any atom is -0.351 e. The molecule has 32 heavy (non-hydrogen) atoms. The van der Waals surface area contributed by atoms with Crippen molar-refractivity contribution >= 4 is 28.6 Å². The molecule has 0 aliphatic heterocycles. The van der Waals surface area contributed by atoms with Gasteiger partial charge >= 0.3 is 0 Å². The molecule has 4 aromatic rings. The second-order valence-corrected chi connectivity index (χ2v) is 9.43. The van der Waals surface area contributed by atoms with E-state index in [9.17, 15) is 0 Å². The molecule has 7 nitrogen and oxygen atoms in total. The Morgan fingerprint density at radius 3 is 2.53 bits per heavy atom. The van der Waals surface area contributed by atoms with Gasteiger partial charge in [0.25, 0.3) is 0 Å². The van der Waals surface area contributed by atoms with Gasteiger partial charge in [0.2, 0.25) is 5.95 Å². The second-order valence-electron chi connectivity index (χ2n) is 9.43. The number of hydrogen-bond acceptors (Lipinski definition) is 6. The summed E-state index contributed by atoms with van der Waals surface area (Å²) in [5.74, 6) is 1.30. The maximum atomic E-state index is 4.84. The molecule has 7 heteroatoms. The van der Waals surface area contributed by atoms with Crippen molar-refractivity contribution in [2.45, 2.75) is 52.5 Å². The number of pyridine rings is 1. The predicted octanol–water partition coefficient (Wildman–Crippen LogP) is 5.15. The summed E-state index contributed by atoms with van der Waals surface area (Å²) >= 11 is 0. The Morgan fingerprint density at radius 1 is 1.06 bits per heavy atom. The number of imidazole rings is 1. The van der Waals surface area contributed by atoms with Crippen LogP contribution in [0.15, 0.2) is 49.1 Å². The summed E-state index contributed by atoms with van der Waals surface area (Å²) in [6.07, 6.45) is 6.25. The van der Waals surface area contributed by atoms with Crippen LogP contribution in [0.5, 0.6) is 0 Å². The molecule has 0 radical (unpaired) electrons. The summed E-state index contributed by atoms with van der Waals surface area (Å²) in [4.78, 5) is 18.1. The molecule has 0 spiro atoms. The Bertz CT molecular complexity index is 1220. The van der Waals surface area contributed by atoms with Crippen molar-refractivity contribution < 1.29 is 0 Å². The third-order valence-corrected chi connectivity index (χ3v) is 5.59. The largest absolute Gasteiger partial charge is 0.351 e. The minimum atomic E-state index is 0.0623. The van der Waals surface area contributed by atoms with Gasteiger partial charge in [-0.25, -0.2) is 4.98 Å². The average Bonchev–Trinajstić information content (AvgIpc) is 3.10. The van der Waals surface area contributed by atoms with E-state index < -0.39 is 0 Å². The first kappa shape index (κ1) is 21.7. The smallest absolute Gasteiger partial charge is 0.227 e. The van der Waals surface area contributed by atoms with Crippen LogP contribution in [-0.4, -0.2) is 30.5 Å². The van der Waals surface area contributed by atoms with Gasteiger partial charge in [0, 0.05) is 31.2 Å². The van der Waals surface area contributed by atoms with Crippen molar-refractivity contribution in [2.75, 3.05) is 10.6 Å². The molecule has 0 saturated carbocycles. The highest BCUT2D eigenvalue weighted by Gasteiger charge is 2.18. The van der Waals surface area contributed by atoms with E-state index in [-0.39, 0.29) is 11.5 Å². The van der Waals surface area contributed by atoms with Crippen LogP contribution in [0.2, 0.25) is 0 Å². The number of anilines is 3. The van der Waals surface area contributed by atoms with Crippen LogP contribution in [0.3, 0.4) is 0 Å². The van der Waals surface area contributed by atoms with Crippen molar-refractivity contribution in [3.8, 4) is 0 Å². The summed E-state index contributed by atoms with van der Waals surface area (Å²) in [5.41, 5.74) is 6.28. The fourth-order valence-corrected chi connectivity index (χ4v) is 3.70. The standard InChI is InChI=1S/C25H31N7/c1-16-7-8-19(25(3,4)5)14-20(16)29-23-21-22(27-15-32(21)6)30-24(31-23)28-17(2)13-18-9-11-26-12-10-18/h7-12,14-15,17H,13H2,1-6H3,(H2,28,29,30,31). The van der Waals surface area contributed by atoms with Crippen LogP contribution in [0.4, 0.5) is 17.5 Å². The zero-order valence-corrected chi connectivity index (χ0v) is 19.6. The highest BCUT2D eigenvalue weighted by Crippen LogP contribution is 2.30. The van der Waals surface area contributed by atoms with Gasteiger partial charge in [-0.2, -0.15) is 9.97 Å². The summed E-state index contributed by atoms with van der Waals surface area (Å²) in [5, 5.41) is 6.99. The monoisotopic (exact) mass is 429 g/mol. The van der Waals surface area contributed by atoms with Gasteiger partial charge in [0.1, 0.15) is 5.52 Å². The van der Waals surface area contributed by atoms with Crippen molar-refractivity contribution in [1.82, 2.24) is 24.5 Å². The lowest BCUT2D eigenvalue weighted by Gasteiger charge is -2.21. The normalized spacial score (nSPS) is 12.7. The van der Waals surface area contributed by atoms with E-state index in [2.05, 4.69) is 78.4 Å². The quantitative estimate of drug-likeness (QED) is 0.441. The van der Waals surface area contributed by atoms with Crippen LogP contribution in [0, 0.1) is 6.92 Å². The first-order valence-corrected chi connectivity index (χ1v) is 10.9. The summed E-state index contributed by atoms with van der Waals surface area (Å²) in [6, 6.07) is 10.8. The Morgan fingerprint density at radius 2 is 1.81 bits per heavy atom. The van der Waals surface area contributed by atoms with Crippen LogP contribution in [-0.2, 0) is 18.9 Å². The number of nitrogens with one attached hydrogen (secondary N) is 2. The third kappa shape index (κ3) is 4.72. The van der Waals surface area contributed by atoms with E-state index in [1.54, 1.807) is 6.33 Å². The molecule has 2 N–H and O–H groups in total. The number of nitrogens with zero attached hydrogens (tertiary/aromatic N) is 5. The zero-order valence-electron chi connectivity index (χ0n) is 19.6. The Hall–Kier alpha value is -3.48. The number of benzene rings is 1. The Labute approximate surface area is 189 Å². The van der Waals surface area contributed by atoms with E-state index in [0.717, 1.165) is 29.0 Å². The Kier molecular flexibility index (Phi) is 5.82. The molecule has 3 aromatic heterocycles. The SMILES string of the molecule is Cc1ccc(C(C)(C)C)cc1Nc1nc(NC(C)Cc2ccncc2)nc2ncn(C)c12. The van der Waals surface area contributed by atoms with E-state index in [1.807, 2.05) is 36.1 Å². The van der Waals surface area contributed by atoms with Gasteiger partial charge < -0.3 is 15.2 Å². The molecule has 0 saturated heterocycles. The lowest BCUT2D eigenvalue weighted by atomic mass is 9.86. The van der Waals surface area contributed by atoms with Crippen molar-refractivity contribution in [3.63, 3.8) is 0 Å². The molecule has 0 bridgehead atoms. The minimum absolute atomic E-state index is 0.0623. The first-order chi connectivity index (χ1) is 15.2. The number of fused-ring (bicyclic) bond motifs is 1.